The SMILES string of the molecule is O=C1N[C@@H](c2ccccc2Br)C(F)(F)CO1. The molecule has 2 rings (SSSR count). The van der Waals surface area contributed by atoms with Crippen molar-refractivity contribution in [2.45, 2.75) is 12.0 Å². The maximum atomic E-state index is 13.5. The molecular formula is C10H8BrF2NO2. The summed E-state index contributed by atoms with van der Waals surface area (Å²) < 4.78 is 31.9. The van der Waals surface area contributed by atoms with Gasteiger partial charge in [0.05, 0.1) is 0 Å². The predicted octanol–water partition coefficient (Wildman–Crippen LogP) is 2.87. The summed E-state index contributed by atoms with van der Waals surface area (Å²) >= 11 is 3.18. The average Bonchev–Trinajstić information content (AvgIpc) is 2.23. The van der Waals surface area contributed by atoms with Gasteiger partial charge in [-0.15, -0.1) is 0 Å². The molecule has 3 nitrogen and oxygen atoms in total. The third-order valence-corrected chi connectivity index (χ3v) is 3.02. The second-order valence-corrected chi connectivity index (χ2v) is 4.29. The first-order valence-corrected chi connectivity index (χ1v) is 5.35. The molecule has 0 aromatic heterocycles. The van der Waals surface area contributed by atoms with Crippen molar-refractivity contribution in [1.29, 1.82) is 0 Å². The molecule has 1 atom stereocenters. The molecule has 1 fully saturated rings. The zero-order valence-corrected chi connectivity index (χ0v) is 9.63. The van der Waals surface area contributed by atoms with Crippen molar-refractivity contribution in [2.75, 3.05) is 6.61 Å². The van der Waals surface area contributed by atoms with Gasteiger partial charge in [0.25, 0.3) is 0 Å². The fourth-order valence-corrected chi connectivity index (χ4v) is 2.04. The van der Waals surface area contributed by atoms with E-state index >= 15 is 0 Å². The normalized spacial score (nSPS) is 23.4. The van der Waals surface area contributed by atoms with E-state index in [-0.39, 0.29) is 0 Å². The summed E-state index contributed by atoms with van der Waals surface area (Å²) in [4.78, 5) is 11.0. The fourth-order valence-electron chi connectivity index (χ4n) is 1.52. The van der Waals surface area contributed by atoms with E-state index in [0.29, 0.717) is 10.0 Å². The van der Waals surface area contributed by atoms with Gasteiger partial charge in [0.2, 0.25) is 0 Å². The first-order valence-electron chi connectivity index (χ1n) is 4.56. The van der Waals surface area contributed by atoms with Crippen molar-refractivity contribution in [1.82, 2.24) is 5.32 Å². The molecule has 6 heteroatoms. The second-order valence-electron chi connectivity index (χ2n) is 3.44. The number of halogens is 3. The number of ether oxygens (including phenoxy) is 1. The van der Waals surface area contributed by atoms with Crippen LogP contribution in [0.1, 0.15) is 11.6 Å². The fraction of sp³-hybridized carbons (Fsp3) is 0.300. The van der Waals surface area contributed by atoms with Gasteiger partial charge in [-0.3, -0.25) is 0 Å². The highest BCUT2D eigenvalue weighted by molar-refractivity contribution is 9.10. The summed E-state index contributed by atoms with van der Waals surface area (Å²) in [5.74, 6) is -3.11. The Morgan fingerprint density at radius 2 is 2.12 bits per heavy atom. The molecule has 1 aliphatic heterocycles. The Balaban J connectivity index is 2.38. The minimum Gasteiger partial charge on any atom is -0.443 e. The molecule has 0 spiro atoms. The minimum absolute atomic E-state index is 0.337. The smallest absolute Gasteiger partial charge is 0.408 e. The maximum absolute atomic E-state index is 13.5. The minimum atomic E-state index is -3.11. The molecule has 1 aromatic carbocycles. The summed E-state index contributed by atoms with van der Waals surface area (Å²) in [7, 11) is 0. The summed E-state index contributed by atoms with van der Waals surface area (Å²) in [5, 5.41) is 2.12. The molecule has 0 saturated carbocycles. The molecule has 1 N–H and O–H groups in total. The lowest BCUT2D eigenvalue weighted by atomic mass is 10.0. The van der Waals surface area contributed by atoms with Gasteiger partial charge in [0.1, 0.15) is 6.04 Å². The summed E-state index contributed by atoms with van der Waals surface area (Å²) in [6.45, 7) is -0.898. The van der Waals surface area contributed by atoms with Crippen LogP contribution in [0.25, 0.3) is 0 Å². The molecule has 0 radical (unpaired) electrons. The highest BCUT2D eigenvalue weighted by Gasteiger charge is 2.47. The zero-order valence-electron chi connectivity index (χ0n) is 8.04. The lowest BCUT2D eigenvalue weighted by Crippen LogP contribution is -2.49. The Labute approximate surface area is 98.9 Å². The van der Waals surface area contributed by atoms with Crippen LogP contribution in [0.5, 0.6) is 0 Å². The van der Waals surface area contributed by atoms with Gasteiger partial charge in [0.15, 0.2) is 6.61 Å². The molecule has 0 bridgehead atoms. The number of hydrogen-bond acceptors (Lipinski definition) is 2. The Bertz CT molecular complexity index is 425. The summed E-state index contributed by atoms with van der Waals surface area (Å²) in [6, 6.07) is 5.18. The third kappa shape index (κ3) is 2.02. The second kappa shape index (κ2) is 4.01. The molecule has 1 aliphatic rings. The Morgan fingerprint density at radius 3 is 2.81 bits per heavy atom. The van der Waals surface area contributed by atoms with Crippen LogP contribution < -0.4 is 5.32 Å². The number of cyclic esters (lactones) is 1. The van der Waals surface area contributed by atoms with Crippen LogP contribution in [-0.4, -0.2) is 18.6 Å². The summed E-state index contributed by atoms with van der Waals surface area (Å²) in [6.07, 6.45) is -0.827. The van der Waals surface area contributed by atoms with Crippen LogP contribution in [0.3, 0.4) is 0 Å². The monoisotopic (exact) mass is 291 g/mol. The van der Waals surface area contributed by atoms with Gasteiger partial charge in [-0.2, -0.15) is 0 Å². The van der Waals surface area contributed by atoms with E-state index in [1.165, 1.54) is 6.07 Å². The summed E-state index contributed by atoms with van der Waals surface area (Å²) in [5.41, 5.74) is 0.337. The Hall–Kier alpha value is -1.17. The van der Waals surface area contributed by atoms with Crippen molar-refractivity contribution in [3.8, 4) is 0 Å². The lowest BCUT2D eigenvalue weighted by molar-refractivity contribution is -0.104. The highest BCUT2D eigenvalue weighted by Crippen LogP contribution is 2.37. The van der Waals surface area contributed by atoms with Crippen LogP contribution >= 0.6 is 15.9 Å². The van der Waals surface area contributed by atoms with Crippen molar-refractivity contribution in [3.05, 3.63) is 34.3 Å². The lowest BCUT2D eigenvalue weighted by Gasteiger charge is -2.32. The van der Waals surface area contributed by atoms with E-state index in [1.807, 2.05) is 0 Å². The van der Waals surface area contributed by atoms with E-state index in [4.69, 9.17) is 0 Å². The van der Waals surface area contributed by atoms with Gasteiger partial charge in [-0.1, -0.05) is 34.1 Å². The van der Waals surface area contributed by atoms with Crippen molar-refractivity contribution in [2.24, 2.45) is 0 Å². The van der Waals surface area contributed by atoms with Crippen LogP contribution in [-0.2, 0) is 4.74 Å². The van der Waals surface area contributed by atoms with E-state index in [0.717, 1.165) is 0 Å². The van der Waals surface area contributed by atoms with Crippen LogP contribution in [0.15, 0.2) is 28.7 Å². The van der Waals surface area contributed by atoms with Crippen LogP contribution in [0, 0.1) is 0 Å². The molecule has 1 amide bonds. The number of carbonyl (C=O) groups excluding carboxylic acids is 1. The molecule has 16 heavy (non-hydrogen) atoms. The average molecular weight is 292 g/mol. The van der Waals surface area contributed by atoms with Gasteiger partial charge in [-0.25, -0.2) is 13.6 Å². The number of alkyl halides is 2. The van der Waals surface area contributed by atoms with Crippen molar-refractivity contribution >= 4 is 22.0 Å². The van der Waals surface area contributed by atoms with Crippen LogP contribution in [0.4, 0.5) is 13.6 Å². The molecular weight excluding hydrogens is 284 g/mol. The number of hydrogen-bond donors (Lipinski definition) is 1. The Morgan fingerprint density at radius 1 is 1.44 bits per heavy atom. The van der Waals surface area contributed by atoms with E-state index in [2.05, 4.69) is 26.0 Å². The number of rotatable bonds is 1. The Kier molecular flexibility index (Phi) is 2.84. The highest BCUT2D eigenvalue weighted by atomic mass is 79.9. The number of carbonyl (C=O) groups is 1. The van der Waals surface area contributed by atoms with E-state index in [1.54, 1.807) is 18.2 Å². The van der Waals surface area contributed by atoms with Gasteiger partial charge in [-0.05, 0) is 11.6 Å². The van der Waals surface area contributed by atoms with Gasteiger partial charge >= 0.3 is 12.0 Å². The first kappa shape index (κ1) is 11.3. The van der Waals surface area contributed by atoms with Gasteiger partial charge < -0.3 is 10.1 Å². The van der Waals surface area contributed by atoms with Crippen molar-refractivity contribution < 1.29 is 18.3 Å². The number of amides is 1. The number of nitrogens with one attached hydrogen (secondary N) is 1. The molecule has 1 aromatic rings. The topological polar surface area (TPSA) is 38.3 Å². The van der Waals surface area contributed by atoms with E-state index < -0.39 is 24.7 Å². The van der Waals surface area contributed by atoms with Crippen molar-refractivity contribution in [3.63, 3.8) is 0 Å². The largest absolute Gasteiger partial charge is 0.443 e. The molecule has 0 unspecified atom stereocenters. The van der Waals surface area contributed by atoms with Gasteiger partial charge in [0, 0.05) is 4.47 Å². The molecule has 0 aliphatic carbocycles. The molecule has 1 saturated heterocycles. The third-order valence-electron chi connectivity index (χ3n) is 2.30. The standard InChI is InChI=1S/C10H8BrF2NO2/c11-7-4-2-1-3-6(7)8-10(12,13)5-16-9(15)14-8/h1-4,8H,5H2,(H,14,15)/t8-/m0/s1. The number of alkyl carbamates (subject to hydrolysis) is 1. The number of benzene rings is 1. The molecule has 86 valence electrons. The molecule has 1 heterocycles. The van der Waals surface area contributed by atoms with E-state index in [9.17, 15) is 13.6 Å². The predicted molar refractivity (Wildman–Crippen MR) is 56.3 cm³/mol. The zero-order chi connectivity index (χ0) is 11.8. The first-order chi connectivity index (χ1) is 7.50. The maximum Gasteiger partial charge on any atom is 0.408 e. The van der Waals surface area contributed by atoms with Crippen LogP contribution in [0.2, 0.25) is 0 Å². The quantitative estimate of drug-likeness (QED) is 0.864.